The number of carbonyl (C=O) groups excluding carboxylic acids is 1. The van der Waals surface area contributed by atoms with Gasteiger partial charge in [-0.25, -0.2) is 14.3 Å². The number of aliphatic imine (C=N–C) groups is 1. The third-order valence-electron chi connectivity index (χ3n) is 4.72. The smallest absolute Gasteiger partial charge is 0.410 e. The number of aryl methyl sites for hydroxylation is 2. The molecule has 0 saturated carbocycles. The first-order valence-corrected chi connectivity index (χ1v) is 12.1. The van der Waals surface area contributed by atoms with Gasteiger partial charge in [-0.15, -0.1) is 0 Å². The van der Waals surface area contributed by atoms with Gasteiger partial charge in [-0.1, -0.05) is 25.6 Å². The molecule has 9 heteroatoms. The van der Waals surface area contributed by atoms with Crippen LogP contribution in [-0.2, 0) is 4.74 Å². The number of nitrogens with zero attached hydrogens (tertiary/aromatic N) is 5. The SMILES string of the molecule is CCCN(C(=O)OC(C)(C)C)C(C)[C@@H](C)S/C(=N\CS)c1cc(C)c2nc(C)cn2n1. The molecule has 7 nitrogen and oxygen atoms in total. The number of aromatic nitrogens is 3. The molecule has 0 saturated heterocycles. The Bertz CT molecular complexity index is 936. The van der Waals surface area contributed by atoms with Gasteiger partial charge < -0.3 is 9.64 Å². The van der Waals surface area contributed by atoms with Crippen LogP contribution in [0.1, 0.15) is 64.9 Å². The fourth-order valence-electron chi connectivity index (χ4n) is 3.14. The van der Waals surface area contributed by atoms with E-state index in [-0.39, 0.29) is 17.4 Å². The van der Waals surface area contributed by atoms with E-state index in [1.54, 1.807) is 16.3 Å². The largest absolute Gasteiger partial charge is 0.444 e. The van der Waals surface area contributed by atoms with Gasteiger partial charge in [0.1, 0.15) is 16.3 Å². The average Bonchev–Trinajstić information content (AvgIpc) is 3.04. The minimum atomic E-state index is -0.530. The molecule has 0 aliphatic carbocycles. The second kappa shape index (κ2) is 10.7. The summed E-state index contributed by atoms with van der Waals surface area (Å²) in [5.41, 5.74) is 3.05. The summed E-state index contributed by atoms with van der Waals surface area (Å²) in [4.78, 5) is 23.7. The first-order chi connectivity index (χ1) is 14.5. The third kappa shape index (κ3) is 6.87. The van der Waals surface area contributed by atoms with Crippen LogP contribution in [0.4, 0.5) is 4.79 Å². The van der Waals surface area contributed by atoms with Crippen molar-refractivity contribution in [1.82, 2.24) is 19.5 Å². The lowest BCUT2D eigenvalue weighted by Gasteiger charge is -2.34. The molecule has 2 atom stereocenters. The summed E-state index contributed by atoms with van der Waals surface area (Å²) in [6, 6.07) is 1.96. The van der Waals surface area contributed by atoms with Gasteiger partial charge in [0.2, 0.25) is 0 Å². The summed E-state index contributed by atoms with van der Waals surface area (Å²) in [5.74, 6) is 0.357. The predicted molar refractivity (Wildman–Crippen MR) is 133 cm³/mol. The van der Waals surface area contributed by atoms with Crippen molar-refractivity contribution in [3.05, 3.63) is 29.2 Å². The number of hydrogen-bond donors (Lipinski definition) is 1. The van der Waals surface area contributed by atoms with E-state index in [1.165, 1.54) is 0 Å². The van der Waals surface area contributed by atoms with Crippen LogP contribution in [0.3, 0.4) is 0 Å². The molecular weight excluding hydrogens is 430 g/mol. The monoisotopic (exact) mass is 465 g/mol. The standard InChI is InChI=1S/C22H35N5O2S2/c1-9-10-26(21(28)29-22(6,7)8)16(4)17(5)31-20(23-13-30)18-11-14(2)19-24-15(3)12-27(19)25-18/h11-12,16-17,30H,9-10,13H2,1-8H3/b23-20-/t16?,17-/m1/s1. The van der Waals surface area contributed by atoms with E-state index in [4.69, 9.17) is 9.84 Å². The molecule has 0 bridgehead atoms. The zero-order valence-corrected chi connectivity index (χ0v) is 21.5. The summed E-state index contributed by atoms with van der Waals surface area (Å²) in [6.07, 6.45) is 2.48. The van der Waals surface area contributed by atoms with Crippen molar-refractivity contribution in [2.24, 2.45) is 4.99 Å². The van der Waals surface area contributed by atoms with Crippen molar-refractivity contribution in [3.63, 3.8) is 0 Å². The quantitative estimate of drug-likeness (QED) is 0.348. The van der Waals surface area contributed by atoms with E-state index in [2.05, 4.69) is 43.4 Å². The lowest BCUT2D eigenvalue weighted by Crippen LogP contribution is -2.46. The highest BCUT2D eigenvalue weighted by Gasteiger charge is 2.30. The minimum absolute atomic E-state index is 0.0507. The number of thiol groups is 1. The van der Waals surface area contributed by atoms with Gasteiger partial charge in [-0.3, -0.25) is 4.99 Å². The predicted octanol–water partition coefficient (Wildman–Crippen LogP) is 5.14. The second-order valence-electron chi connectivity index (χ2n) is 8.71. The molecule has 0 aliphatic heterocycles. The number of carbonyl (C=O) groups is 1. The molecule has 2 aromatic heterocycles. The molecule has 31 heavy (non-hydrogen) atoms. The maximum absolute atomic E-state index is 12.8. The summed E-state index contributed by atoms with van der Waals surface area (Å²) in [7, 11) is 0. The summed E-state index contributed by atoms with van der Waals surface area (Å²) in [6.45, 7) is 16.5. The van der Waals surface area contributed by atoms with Crippen molar-refractivity contribution >= 4 is 41.2 Å². The molecule has 172 valence electrons. The molecule has 0 N–H and O–H groups in total. The zero-order valence-electron chi connectivity index (χ0n) is 19.8. The summed E-state index contributed by atoms with van der Waals surface area (Å²) >= 11 is 5.91. The molecule has 0 fully saturated rings. The average molecular weight is 466 g/mol. The zero-order chi connectivity index (χ0) is 23.3. The van der Waals surface area contributed by atoms with Crippen LogP contribution in [0.25, 0.3) is 5.65 Å². The van der Waals surface area contributed by atoms with Crippen molar-refractivity contribution in [1.29, 1.82) is 0 Å². The van der Waals surface area contributed by atoms with Crippen LogP contribution < -0.4 is 0 Å². The first kappa shape index (κ1) is 25.5. The number of hydrogen-bond acceptors (Lipinski definition) is 7. The van der Waals surface area contributed by atoms with Crippen LogP contribution in [0.2, 0.25) is 0 Å². The van der Waals surface area contributed by atoms with E-state index in [1.807, 2.05) is 51.8 Å². The van der Waals surface area contributed by atoms with E-state index < -0.39 is 5.60 Å². The first-order valence-electron chi connectivity index (χ1n) is 10.6. The Labute approximate surface area is 195 Å². The number of thioether (sulfide) groups is 1. The van der Waals surface area contributed by atoms with Crippen molar-refractivity contribution < 1.29 is 9.53 Å². The van der Waals surface area contributed by atoms with Crippen molar-refractivity contribution in [2.45, 2.75) is 78.7 Å². The number of rotatable bonds is 7. The Hall–Kier alpha value is -1.74. The summed E-state index contributed by atoms with van der Waals surface area (Å²) < 4.78 is 7.44. The Morgan fingerprint density at radius 3 is 2.61 bits per heavy atom. The highest BCUT2D eigenvalue weighted by atomic mass is 32.2. The normalized spacial score (nSPS) is 14.5. The highest BCUT2D eigenvalue weighted by Crippen LogP contribution is 2.26. The Kier molecular flexibility index (Phi) is 8.83. The number of amides is 1. The lowest BCUT2D eigenvalue weighted by molar-refractivity contribution is 0.0177. The molecule has 2 rings (SSSR count). The van der Waals surface area contributed by atoms with Crippen molar-refractivity contribution in [3.8, 4) is 0 Å². The molecule has 1 unspecified atom stereocenters. The van der Waals surface area contributed by atoms with Gasteiger partial charge in [0, 0.05) is 17.8 Å². The molecule has 0 aromatic carbocycles. The van der Waals surface area contributed by atoms with Gasteiger partial charge in [0.25, 0.3) is 0 Å². The second-order valence-corrected chi connectivity index (χ2v) is 10.4. The Morgan fingerprint density at radius 2 is 2.03 bits per heavy atom. The number of imidazole rings is 1. The molecule has 0 aliphatic rings. The number of fused-ring (bicyclic) bond motifs is 1. The minimum Gasteiger partial charge on any atom is -0.444 e. The van der Waals surface area contributed by atoms with Crippen molar-refractivity contribution in [2.75, 3.05) is 12.4 Å². The molecule has 1 amide bonds. The van der Waals surface area contributed by atoms with Gasteiger partial charge in [0.15, 0.2) is 5.65 Å². The van der Waals surface area contributed by atoms with Gasteiger partial charge in [0.05, 0.1) is 17.8 Å². The van der Waals surface area contributed by atoms with Gasteiger partial charge in [-0.05, 0) is 59.6 Å². The maximum Gasteiger partial charge on any atom is 0.410 e. The molecule has 2 aromatic rings. The van der Waals surface area contributed by atoms with Crippen LogP contribution in [0.5, 0.6) is 0 Å². The number of ether oxygens (including phenoxy) is 1. The molecular formula is C22H35N5O2S2. The maximum atomic E-state index is 12.8. The van der Waals surface area contributed by atoms with E-state index in [0.717, 1.165) is 34.1 Å². The third-order valence-corrected chi connectivity index (χ3v) is 6.19. The van der Waals surface area contributed by atoms with Crippen LogP contribution in [0.15, 0.2) is 17.3 Å². The summed E-state index contributed by atoms with van der Waals surface area (Å²) in [5, 5.41) is 5.58. The Morgan fingerprint density at radius 1 is 1.35 bits per heavy atom. The van der Waals surface area contributed by atoms with E-state index >= 15 is 0 Å². The topological polar surface area (TPSA) is 72.1 Å². The fraction of sp³-hybridized carbons (Fsp3) is 0.636. The van der Waals surface area contributed by atoms with E-state index in [0.29, 0.717) is 12.4 Å². The van der Waals surface area contributed by atoms with Crippen LogP contribution >= 0.6 is 24.4 Å². The van der Waals surface area contributed by atoms with E-state index in [9.17, 15) is 4.79 Å². The molecule has 0 radical (unpaired) electrons. The molecule has 0 spiro atoms. The molecule has 2 heterocycles. The lowest BCUT2D eigenvalue weighted by atomic mass is 10.2. The highest BCUT2D eigenvalue weighted by molar-refractivity contribution is 8.15. The van der Waals surface area contributed by atoms with Crippen LogP contribution in [0, 0.1) is 13.8 Å². The fourth-order valence-corrected chi connectivity index (χ4v) is 4.44. The van der Waals surface area contributed by atoms with Gasteiger partial charge in [-0.2, -0.15) is 17.7 Å². The van der Waals surface area contributed by atoms with Crippen LogP contribution in [-0.4, -0.2) is 59.9 Å². The Balaban J connectivity index is 2.27. The van der Waals surface area contributed by atoms with Gasteiger partial charge >= 0.3 is 6.09 Å².